The normalized spacial score (nSPS) is 12.7. The number of alkyl halides is 3. The largest absolute Gasteiger partial charge is 0.417 e. The molecular weight excluding hydrogens is 467 g/mol. The van der Waals surface area contributed by atoms with Crippen molar-refractivity contribution in [2.75, 3.05) is 0 Å². The molecule has 0 aliphatic carbocycles. The summed E-state index contributed by atoms with van der Waals surface area (Å²) in [4.78, 5) is 7.54. The van der Waals surface area contributed by atoms with Crippen molar-refractivity contribution in [3.63, 3.8) is 0 Å². The third-order valence-corrected chi connectivity index (χ3v) is 5.73. The molecule has 0 aliphatic heterocycles. The van der Waals surface area contributed by atoms with Crippen LogP contribution in [0.25, 0.3) is 33.7 Å². The maximum Gasteiger partial charge on any atom is 0.417 e. The predicted octanol–water partition coefficient (Wildman–Crippen LogP) is 7.39. The van der Waals surface area contributed by atoms with Crippen LogP contribution in [0, 0.1) is 5.82 Å². The van der Waals surface area contributed by atoms with Gasteiger partial charge in [0.15, 0.2) is 5.82 Å². The monoisotopic (exact) mass is 484 g/mol. The zero-order valence-corrected chi connectivity index (χ0v) is 19.0. The number of aryl methyl sites for hydroxylation is 1. The lowest BCUT2D eigenvalue weighted by molar-refractivity contribution is -0.137. The Hall–Kier alpha value is -2.58. The molecule has 0 saturated carbocycles. The van der Waals surface area contributed by atoms with Crippen LogP contribution in [0.4, 0.5) is 17.6 Å². The lowest BCUT2D eigenvalue weighted by atomic mass is 9.92. The Kier molecular flexibility index (Phi) is 5.29. The average molecular weight is 485 g/mol. The number of imidazole rings is 1. The van der Waals surface area contributed by atoms with Crippen molar-refractivity contribution in [1.82, 2.24) is 19.7 Å². The summed E-state index contributed by atoms with van der Waals surface area (Å²) in [6, 6.07) is 5.47. The molecule has 0 radical (unpaired) electrons. The Bertz CT molecular complexity index is 1350. The van der Waals surface area contributed by atoms with Gasteiger partial charge in [-0.15, -0.1) is 0 Å². The number of rotatable bonds is 2. The molecule has 10 heteroatoms. The van der Waals surface area contributed by atoms with E-state index in [0.29, 0.717) is 27.8 Å². The van der Waals surface area contributed by atoms with E-state index < -0.39 is 23.1 Å². The minimum atomic E-state index is -4.73. The molecule has 2 aromatic heterocycles. The van der Waals surface area contributed by atoms with E-state index in [-0.39, 0.29) is 21.5 Å². The lowest BCUT2D eigenvalue weighted by Gasteiger charge is -2.15. The molecule has 1 N–H and O–H groups in total. The highest BCUT2D eigenvalue weighted by Gasteiger charge is 2.35. The van der Waals surface area contributed by atoms with Crippen molar-refractivity contribution in [2.45, 2.75) is 32.4 Å². The predicted molar refractivity (Wildman–Crippen MR) is 117 cm³/mol. The molecule has 2 heterocycles. The molecule has 0 atom stereocenters. The van der Waals surface area contributed by atoms with Gasteiger partial charge in [0.25, 0.3) is 0 Å². The fourth-order valence-electron chi connectivity index (χ4n) is 3.62. The van der Waals surface area contributed by atoms with E-state index in [1.807, 2.05) is 20.8 Å². The highest BCUT2D eigenvalue weighted by molar-refractivity contribution is 6.35. The lowest BCUT2D eigenvalue weighted by Crippen LogP contribution is -2.12. The van der Waals surface area contributed by atoms with E-state index in [9.17, 15) is 17.6 Å². The Labute approximate surface area is 191 Å². The van der Waals surface area contributed by atoms with E-state index in [1.165, 1.54) is 12.1 Å². The van der Waals surface area contributed by atoms with Crippen LogP contribution in [0.5, 0.6) is 0 Å². The molecule has 168 valence electrons. The summed E-state index contributed by atoms with van der Waals surface area (Å²) in [7, 11) is 1.71. The van der Waals surface area contributed by atoms with Gasteiger partial charge in [-0.05, 0) is 29.8 Å². The number of nitrogens with zero attached hydrogens (tertiary/aromatic N) is 3. The quantitative estimate of drug-likeness (QED) is 0.301. The number of hydrogen-bond acceptors (Lipinski definition) is 2. The second kappa shape index (κ2) is 7.49. The summed E-state index contributed by atoms with van der Waals surface area (Å²) >= 11 is 12.9. The Morgan fingerprint density at radius 1 is 1.06 bits per heavy atom. The van der Waals surface area contributed by atoms with E-state index in [4.69, 9.17) is 23.2 Å². The number of fused-ring (bicyclic) bond motifs is 1. The van der Waals surface area contributed by atoms with E-state index in [1.54, 1.807) is 11.7 Å². The highest BCUT2D eigenvalue weighted by Crippen LogP contribution is 2.41. The number of benzene rings is 2. The summed E-state index contributed by atoms with van der Waals surface area (Å²) in [5.74, 6) is -0.658. The molecule has 4 rings (SSSR count). The van der Waals surface area contributed by atoms with E-state index in [0.717, 1.165) is 18.2 Å². The minimum Gasteiger partial charge on any atom is -0.335 e. The second-order valence-electron chi connectivity index (χ2n) is 8.48. The average Bonchev–Trinajstić information content (AvgIpc) is 3.21. The van der Waals surface area contributed by atoms with Gasteiger partial charge in [0.1, 0.15) is 11.5 Å². The maximum absolute atomic E-state index is 14.5. The SMILES string of the molecule is Cn1nc(C(C)(C)C)c(Cl)c1-c1nc2cc(-c3c(F)cccc3C(F)(F)F)cc(Cl)c2[nH]1. The Balaban J connectivity index is 1.92. The van der Waals surface area contributed by atoms with Crippen molar-refractivity contribution >= 4 is 34.2 Å². The van der Waals surface area contributed by atoms with Gasteiger partial charge in [-0.3, -0.25) is 4.68 Å². The number of halogens is 6. The van der Waals surface area contributed by atoms with Crippen molar-refractivity contribution in [3.05, 3.63) is 57.5 Å². The van der Waals surface area contributed by atoms with Gasteiger partial charge < -0.3 is 4.98 Å². The first kappa shape index (κ1) is 22.6. The van der Waals surface area contributed by atoms with Gasteiger partial charge >= 0.3 is 6.18 Å². The number of aromatic nitrogens is 4. The number of H-pyrrole nitrogens is 1. The van der Waals surface area contributed by atoms with Crippen LogP contribution < -0.4 is 0 Å². The summed E-state index contributed by atoms with van der Waals surface area (Å²) in [5, 5.41) is 4.99. The van der Waals surface area contributed by atoms with Gasteiger partial charge in [0.05, 0.1) is 32.3 Å². The van der Waals surface area contributed by atoms with Gasteiger partial charge in [-0.2, -0.15) is 18.3 Å². The van der Waals surface area contributed by atoms with E-state index >= 15 is 0 Å². The first-order chi connectivity index (χ1) is 14.8. The standard InChI is InChI=1S/C22H18Cl2F4N4/c1-21(2,3)19-16(24)18(32(4)31-19)20-29-14-9-10(8-12(23)17(14)30-20)15-11(22(26,27)28)6-5-7-13(15)25/h5-9H,1-4H3,(H,29,30). The zero-order chi connectivity index (χ0) is 23.6. The molecule has 0 aliphatic rings. The Morgan fingerprint density at radius 3 is 2.34 bits per heavy atom. The summed E-state index contributed by atoms with van der Waals surface area (Å²) in [5.41, 5.74) is -0.175. The van der Waals surface area contributed by atoms with Crippen molar-refractivity contribution in [2.24, 2.45) is 7.05 Å². The topological polar surface area (TPSA) is 46.5 Å². The highest BCUT2D eigenvalue weighted by atomic mass is 35.5. The molecule has 32 heavy (non-hydrogen) atoms. The third-order valence-electron chi connectivity index (χ3n) is 5.08. The van der Waals surface area contributed by atoms with Crippen LogP contribution in [0.2, 0.25) is 10.0 Å². The van der Waals surface area contributed by atoms with Crippen LogP contribution in [0.3, 0.4) is 0 Å². The Morgan fingerprint density at radius 2 is 1.75 bits per heavy atom. The molecular formula is C22H18Cl2F4N4. The molecule has 0 bridgehead atoms. The van der Waals surface area contributed by atoms with Gasteiger partial charge in [0, 0.05) is 18.0 Å². The maximum atomic E-state index is 14.5. The summed E-state index contributed by atoms with van der Waals surface area (Å²) in [6.07, 6.45) is -4.73. The van der Waals surface area contributed by atoms with Gasteiger partial charge in [0.2, 0.25) is 0 Å². The molecule has 0 unspecified atom stereocenters. The first-order valence-corrected chi connectivity index (χ1v) is 10.3. The number of hydrogen-bond donors (Lipinski definition) is 1. The fourth-order valence-corrected chi connectivity index (χ4v) is 4.41. The van der Waals surface area contributed by atoms with Crippen LogP contribution >= 0.6 is 23.2 Å². The second-order valence-corrected chi connectivity index (χ2v) is 9.27. The first-order valence-electron chi connectivity index (χ1n) is 9.57. The number of aromatic amines is 1. The molecule has 4 nitrogen and oxygen atoms in total. The molecule has 0 spiro atoms. The molecule has 0 amide bonds. The molecule has 2 aromatic carbocycles. The van der Waals surface area contributed by atoms with Crippen LogP contribution in [0.15, 0.2) is 30.3 Å². The number of nitrogens with one attached hydrogen (secondary N) is 1. The van der Waals surface area contributed by atoms with Crippen molar-refractivity contribution in [1.29, 1.82) is 0 Å². The van der Waals surface area contributed by atoms with Crippen LogP contribution in [0.1, 0.15) is 32.0 Å². The fraction of sp³-hybridized carbons (Fsp3) is 0.273. The molecule has 0 saturated heterocycles. The molecule has 0 fully saturated rings. The van der Waals surface area contributed by atoms with Gasteiger partial charge in [-0.25, -0.2) is 9.37 Å². The van der Waals surface area contributed by atoms with Gasteiger partial charge in [-0.1, -0.05) is 50.0 Å². The minimum absolute atomic E-state index is 0.0301. The summed E-state index contributed by atoms with van der Waals surface area (Å²) in [6.45, 7) is 5.91. The third kappa shape index (κ3) is 3.75. The van der Waals surface area contributed by atoms with Crippen LogP contribution in [-0.4, -0.2) is 19.7 Å². The van der Waals surface area contributed by atoms with E-state index in [2.05, 4.69) is 15.1 Å². The summed E-state index contributed by atoms with van der Waals surface area (Å²) < 4.78 is 56.6. The molecule has 4 aromatic rings. The van der Waals surface area contributed by atoms with Crippen molar-refractivity contribution in [3.8, 4) is 22.6 Å². The zero-order valence-electron chi connectivity index (χ0n) is 17.5. The van der Waals surface area contributed by atoms with Crippen LogP contribution in [-0.2, 0) is 18.6 Å². The van der Waals surface area contributed by atoms with Crippen molar-refractivity contribution < 1.29 is 17.6 Å². The smallest absolute Gasteiger partial charge is 0.335 e.